The van der Waals surface area contributed by atoms with Crippen molar-refractivity contribution in [1.82, 2.24) is 9.78 Å². The summed E-state index contributed by atoms with van der Waals surface area (Å²) >= 11 is 1.18. The summed E-state index contributed by atoms with van der Waals surface area (Å²) in [6.07, 6.45) is 1.53. The highest BCUT2D eigenvalue weighted by Crippen LogP contribution is 2.19. The van der Waals surface area contributed by atoms with Crippen LogP contribution in [0.1, 0.15) is 0 Å². The molecule has 80 valence electrons. The van der Waals surface area contributed by atoms with Gasteiger partial charge in [0.25, 0.3) is 10.0 Å². The van der Waals surface area contributed by atoms with Crippen LogP contribution in [-0.2, 0) is 17.1 Å². The lowest BCUT2D eigenvalue weighted by Crippen LogP contribution is -2.14. The molecular weight excluding hydrogens is 234 g/mol. The lowest BCUT2D eigenvalue weighted by atomic mass is 10.7. The number of aryl methyl sites for hydroxylation is 1. The van der Waals surface area contributed by atoms with Gasteiger partial charge in [0.1, 0.15) is 10.0 Å². The maximum atomic E-state index is 11.8. The summed E-state index contributed by atoms with van der Waals surface area (Å²) in [7, 11) is -1.78. The Morgan fingerprint density at radius 2 is 2.27 bits per heavy atom. The Kier molecular flexibility index (Phi) is 2.49. The topological polar surface area (TPSA) is 64.0 Å². The quantitative estimate of drug-likeness (QED) is 0.883. The normalized spacial score (nSPS) is 11.5. The van der Waals surface area contributed by atoms with E-state index in [0.29, 0.717) is 10.0 Å². The minimum absolute atomic E-state index is 0.295. The van der Waals surface area contributed by atoms with Gasteiger partial charge in [0.15, 0.2) is 0 Å². The fourth-order valence-corrected chi connectivity index (χ4v) is 3.16. The van der Waals surface area contributed by atoms with Crippen molar-refractivity contribution in [1.29, 1.82) is 0 Å². The van der Waals surface area contributed by atoms with Crippen molar-refractivity contribution in [3.63, 3.8) is 0 Å². The van der Waals surface area contributed by atoms with Crippen LogP contribution in [-0.4, -0.2) is 18.2 Å². The molecule has 7 heteroatoms. The van der Waals surface area contributed by atoms with Gasteiger partial charge in [0, 0.05) is 13.1 Å². The minimum atomic E-state index is -3.45. The third-order valence-corrected chi connectivity index (χ3v) is 4.57. The molecular formula is C8H9N3O2S2. The van der Waals surface area contributed by atoms with Crippen molar-refractivity contribution in [3.05, 3.63) is 29.8 Å². The second kappa shape index (κ2) is 3.67. The zero-order valence-electron chi connectivity index (χ0n) is 7.91. The summed E-state index contributed by atoms with van der Waals surface area (Å²) in [4.78, 5) is 0. The smallest absolute Gasteiger partial charge is 0.263 e. The number of anilines is 1. The molecule has 0 unspecified atom stereocenters. The van der Waals surface area contributed by atoms with Crippen LogP contribution < -0.4 is 4.72 Å². The number of rotatable bonds is 3. The molecule has 0 aromatic carbocycles. The van der Waals surface area contributed by atoms with E-state index >= 15 is 0 Å². The molecule has 0 aliphatic carbocycles. The molecule has 2 heterocycles. The molecule has 2 aromatic rings. The van der Waals surface area contributed by atoms with Crippen molar-refractivity contribution in [2.24, 2.45) is 7.05 Å². The van der Waals surface area contributed by atoms with Gasteiger partial charge in [0.05, 0.1) is 6.20 Å². The average Bonchev–Trinajstić information content (AvgIpc) is 2.77. The van der Waals surface area contributed by atoms with Gasteiger partial charge in [-0.05, 0) is 11.4 Å². The van der Waals surface area contributed by atoms with Gasteiger partial charge in [-0.3, -0.25) is 9.40 Å². The first kappa shape index (κ1) is 10.2. The van der Waals surface area contributed by atoms with Crippen LogP contribution in [0.25, 0.3) is 0 Å². The Balaban J connectivity index is 2.31. The number of hydrogen-bond acceptors (Lipinski definition) is 4. The molecule has 0 saturated heterocycles. The van der Waals surface area contributed by atoms with Crippen LogP contribution >= 0.6 is 11.3 Å². The number of thiophene rings is 1. The van der Waals surface area contributed by atoms with E-state index in [9.17, 15) is 8.42 Å². The number of nitrogens with zero attached hydrogens (tertiary/aromatic N) is 2. The predicted molar refractivity (Wildman–Crippen MR) is 58.3 cm³/mol. The largest absolute Gasteiger partial charge is 0.272 e. The Morgan fingerprint density at radius 3 is 2.80 bits per heavy atom. The average molecular weight is 243 g/mol. The number of nitrogens with one attached hydrogen (secondary N) is 1. The summed E-state index contributed by atoms with van der Waals surface area (Å²) in [6, 6.07) is 4.86. The Hall–Kier alpha value is -1.34. The molecule has 1 N–H and O–H groups in total. The van der Waals surface area contributed by atoms with Crippen molar-refractivity contribution >= 4 is 27.2 Å². The summed E-state index contributed by atoms with van der Waals surface area (Å²) < 4.78 is 27.8. The second-order valence-corrected chi connectivity index (χ2v) is 5.73. The van der Waals surface area contributed by atoms with E-state index in [1.807, 2.05) is 0 Å². The highest BCUT2D eigenvalue weighted by molar-refractivity contribution is 7.94. The third-order valence-electron chi connectivity index (χ3n) is 1.82. The molecule has 0 atom stereocenters. The van der Waals surface area contributed by atoms with Crippen molar-refractivity contribution < 1.29 is 8.42 Å². The molecule has 0 aliphatic heterocycles. The lowest BCUT2D eigenvalue weighted by molar-refractivity contribution is 0.602. The molecule has 0 radical (unpaired) electrons. The molecule has 15 heavy (non-hydrogen) atoms. The molecule has 2 rings (SSSR count). The van der Waals surface area contributed by atoms with Crippen LogP contribution in [0, 0.1) is 0 Å². The zero-order chi connectivity index (χ0) is 10.9. The van der Waals surface area contributed by atoms with E-state index < -0.39 is 10.0 Å². The van der Waals surface area contributed by atoms with Crippen LogP contribution in [0.5, 0.6) is 0 Å². The first-order valence-corrected chi connectivity index (χ1v) is 6.50. The number of sulfonamides is 1. The minimum Gasteiger partial charge on any atom is -0.263 e. The lowest BCUT2D eigenvalue weighted by Gasteiger charge is -2.05. The zero-order valence-corrected chi connectivity index (χ0v) is 9.55. The van der Waals surface area contributed by atoms with Gasteiger partial charge < -0.3 is 0 Å². The first-order valence-electron chi connectivity index (χ1n) is 4.14. The highest BCUT2D eigenvalue weighted by atomic mass is 32.2. The molecule has 5 nitrogen and oxygen atoms in total. The predicted octanol–water partition coefficient (Wildman–Crippen LogP) is 1.28. The van der Waals surface area contributed by atoms with E-state index in [0.717, 1.165) is 0 Å². The maximum Gasteiger partial charge on any atom is 0.272 e. The van der Waals surface area contributed by atoms with Gasteiger partial charge >= 0.3 is 0 Å². The fraction of sp³-hybridized carbons (Fsp3) is 0.125. The van der Waals surface area contributed by atoms with Gasteiger partial charge in [0.2, 0.25) is 0 Å². The first-order chi connectivity index (χ1) is 7.09. The SMILES string of the molecule is Cn1nccc1NS(=O)(=O)c1cccs1. The molecule has 0 fully saturated rings. The summed E-state index contributed by atoms with van der Waals surface area (Å²) in [5, 5.41) is 5.60. The molecule has 0 bridgehead atoms. The standard InChI is InChI=1S/C8H9N3O2S2/c1-11-7(4-5-9-11)10-15(12,13)8-3-2-6-14-8/h2-6,10H,1H3. The Labute approximate surface area is 91.4 Å². The van der Waals surface area contributed by atoms with Gasteiger partial charge in [-0.2, -0.15) is 5.10 Å². The van der Waals surface area contributed by atoms with Crippen LogP contribution in [0.2, 0.25) is 0 Å². The van der Waals surface area contributed by atoms with E-state index in [1.54, 1.807) is 30.6 Å². The molecule has 0 saturated carbocycles. The van der Waals surface area contributed by atoms with E-state index in [4.69, 9.17) is 0 Å². The molecule has 0 amide bonds. The van der Waals surface area contributed by atoms with Crippen molar-refractivity contribution in [2.75, 3.05) is 4.72 Å². The fourth-order valence-electron chi connectivity index (χ4n) is 1.08. The Bertz CT molecular complexity index is 542. The van der Waals surface area contributed by atoms with Crippen LogP contribution in [0.15, 0.2) is 34.0 Å². The maximum absolute atomic E-state index is 11.8. The van der Waals surface area contributed by atoms with Crippen LogP contribution in [0.4, 0.5) is 5.82 Å². The highest BCUT2D eigenvalue weighted by Gasteiger charge is 2.16. The van der Waals surface area contributed by atoms with Crippen LogP contribution in [0.3, 0.4) is 0 Å². The van der Waals surface area contributed by atoms with Gasteiger partial charge in [-0.1, -0.05) is 6.07 Å². The molecule has 0 spiro atoms. The van der Waals surface area contributed by atoms with E-state index in [1.165, 1.54) is 22.2 Å². The van der Waals surface area contributed by atoms with E-state index in [2.05, 4.69) is 9.82 Å². The number of aromatic nitrogens is 2. The Morgan fingerprint density at radius 1 is 1.47 bits per heavy atom. The van der Waals surface area contributed by atoms with Gasteiger partial charge in [-0.15, -0.1) is 11.3 Å². The summed E-state index contributed by atoms with van der Waals surface area (Å²) in [6.45, 7) is 0. The molecule has 0 aliphatic rings. The monoisotopic (exact) mass is 243 g/mol. The third kappa shape index (κ3) is 2.02. The van der Waals surface area contributed by atoms with Crippen molar-refractivity contribution in [2.45, 2.75) is 4.21 Å². The second-order valence-electron chi connectivity index (χ2n) is 2.88. The summed E-state index contributed by atoms with van der Waals surface area (Å²) in [5.41, 5.74) is 0. The van der Waals surface area contributed by atoms with E-state index in [-0.39, 0.29) is 0 Å². The summed E-state index contributed by atoms with van der Waals surface area (Å²) in [5.74, 6) is 0.448. The number of hydrogen-bond donors (Lipinski definition) is 1. The van der Waals surface area contributed by atoms with Crippen molar-refractivity contribution in [3.8, 4) is 0 Å². The molecule has 2 aromatic heterocycles. The van der Waals surface area contributed by atoms with Gasteiger partial charge in [-0.25, -0.2) is 8.42 Å².